The Labute approximate surface area is 91.3 Å². The molecule has 1 aliphatic rings. The van der Waals surface area contributed by atoms with Crippen molar-refractivity contribution in [2.45, 2.75) is 25.3 Å². The van der Waals surface area contributed by atoms with Crippen LogP contribution in [0.25, 0.3) is 0 Å². The van der Waals surface area contributed by atoms with Gasteiger partial charge in [-0.25, -0.2) is 0 Å². The number of nitrogens with zero attached hydrogens (tertiary/aromatic N) is 2. The van der Waals surface area contributed by atoms with Crippen LogP contribution < -0.4 is 5.73 Å². The number of hydrogen-bond donors (Lipinski definition) is 1. The van der Waals surface area contributed by atoms with E-state index in [1.165, 1.54) is 25.9 Å². The lowest BCUT2D eigenvalue weighted by atomic mass is 10.1. The van der Waals surface area contributed by atoms with Crippen molar-refractivity contribution >= 4 is 0 Å². The quantitative estimate of drug-likeness (QED) is 0.799. The summed E-state index contributed by atoms with van der Waals surface area (Å²) in [5.41, 5.74) is 7.20. The first-order valence-corrected chi connectivity index (χ1v) is 5.72. The highest BCUT2D eigenvalue weighted by Crippen LogP contribution is 2.08. The topological polar surface area (TPSA) is 42.1 Å². The van der Waals surface area contributed by atoms with Gasteiger partial charge in [0.1, 0.15) is 0 Å². The van der Waals surface area contributed by atoms with Crippen molar-refractivity contribution in [3.05, 3.63) is 30.1 Å². The molecule has 15 heavy (non-hydrogen) atoms. The molecule has 2 N–H and O–H groups in total. The minimum absolute atomic E-state index is 0.220. The minimum Gasteiger partial charge on any atom is -0.326 e. The van der Waals surface area contributed by atoms with E-state index in [-0.39, 0.29) is 6.04 Å². The maximum Gasteiger partial charge on any atom is 0.0419 e. The van der Waals surface area contributed by atoms with Gasteiger partial charge in [0.25, 0.3) is 0 Å². The first-order valence-electron chi connectivity index (χ1n) is 5.72. The summed E-state index contributed by atoms with van der Waals surface area (Å²) < 4.78 is 0. The van der Waals surface area contributed by atoms with Gasteiger partial charge in [0.15, 0.2) is 0 Å². The summed E-state index contributed by atoms with van der Waals surface area (Å²) >= 11 is 0. The third kappa shape index (κ3) is 3.29. The highest BCUT2D eigenvalue weighted by atomic mass is 15.1. The molecule has 2 heterocycles. The van der Waals surface area contributed by atoms with Crippen molar-refractivity contribution in [3.8, 4) is 0 Å². The van der Waals surface area contributed by atoms with E-state index in [1.807, 2.05) is 24.4 Å². The molecule has 0 radical (unpaired) electrons. The second-order valence-corrected chi connectivity index (χ2v) is 4.29. The van der Waals surface area contributed by atoms with Crippen molar-refractivity contribution in [1.29, 1.82) is 0 Å². The Bertz CT molecular complexity index is 280. The zero-order valence-electron chi connectivity index (χ0n) is 9.10. The standard InChI is InChI=1S/C12H19N3/c13-11(10-15-7-3-4-8-15)9-12-5-1-2-6-14-12/h1-2,5-6,11H,3-4,7-10,13H2. The predicted octanol–water partition coefficient (Wildman–Crippen LogP) is 1.05. The first-order chi connectivity index (χ1) is 7.34. The van der Waals surface area contributed by atoms with E-state index >= 15 is 0 Å². The molecule has 0 aromatic carbocycles. The molecule has 0 aliphatic carbocycles. The Morgan fingerprint density at radius 3 is 2.80 bits per heavy atom. The van der Waals surface area contributed by atoms with E-state index in [2.05, 4.69) is 9.88 Å². The fourth-order valence-electron chi connectivity index (χ4n) is 2.15. The molecule has 1 aromatic heterocycles. The van der Waals surface area contributed by atoms with Crippen molar-refractivity contribution < 1.29 is 0 Å². The van der Waals surface area contributed by atoms with Crippen LogP contribution in [0.2, 0.25) is 0 Å². The molecule has 3 nitrogen and oxygen atoms in total. The Morgan fingerprint density at radius 2 is 2.13 bits per heavy atom. The molecule has 1 saturated heterocycles. The van der Waals surface area contributed by atoms with E-state index in [0.717, 1.165) is 18.7 Å². The van der Waals surface area contributed by atoms with Crippen molar-refractivity contribution in [1.82, 2.24) is 9.88 Å². The smallest absolute Gasteiger partial charge is 0.0419 e. The second kappa shape index (κ2) is 5.24. The van der Waals surface area contributed by atoms with Gasteiger partial charge in [-0.05, 0) is 38.1 Å². The normalized spacial score (nSPS) is 19.3. The largest absolute Gasteiger partial charge is 0.326 e. The molecule has 1 fully saturated rings. The van der Waals surface area contributed by atoms with Gasteiger partial charge in [-0.3, -0.25) is 4.98 Å². The summed E-state index contributed by atoms with van der Waals surface area (Å²) in [5, 5.41) is 0. The summed E-state index contributed by atoms with van der Waals surface area (Å²) in [6.07, 6.45) is 5.38. The fraction of sp³-hybridized carbons (Fsp3) is 0.583. The van der Waals surface area contributed by atoms with Crippen LogP contribution in [0.3, 0.4) is 0 Å². The number of pyridine rings is 1. The molecule has 1 aliphatic heterocycles. The highest BCUT2D eigenvalue weighted by molar-refractivity contribution is 5.05. The van der Waals surface area contributed by atoms with Gasteiger partial charge in [-0.15, -0.1) is 0 Å². The second-order valence-electron chi connectivity index (χ2n) is 4.29. The Hall–Kier alpha value is -0.930. The highest BCUT2D eigenvalue weighted by Gasteiger charge is 2.15. The molecule has 82 valence electrons. The van der Waals surface area contributed by atoms with Gasteiger partial charge >= 0.3 is 0 Å². The third-order valence-corrected chi connectivity index (χ3v) is 2.89. The minimum atomic E-state index is 0.220. The van der Waals surface area contributed by atoms with Gasteiger partial charge in [0, 0.05) is 30.9 Å². The molecule has 3 heteroatoms. The Morgan fingerprint density at radius 1 is 1.33 bits per heavy atom. The van der Waals surface area contributed by atoms with Crippen LogP contribution in [-0.2, 0) is 6.42 Å². The van der Waals surface area contributed by atoms with Crippen LogP contribution in [0, 0.1) is 0 Å². The number of aromatic nitrogens is 1. The summed E-state index contributed by atoms with van der Waals surface area (Å²) in [6.45, 7) is 3.45. The van der Waals surface area contributed by atoms with Crippen LogP contribution in [0.15, 0.2) is 24.4 Å². The number of nitrogens with two attached hydrogens (primary N) is 1. The van der Waals surface area contributed by atoms with Crippen LogP contribution in [0.1, 0.15) is 18.5 Å². The molecule has 1 aromatic rings. The van der Waals surface area contributed by atoms with Crippen LogP contribution in [0.5, 0.6) is 0 Å². The van der Waals surface area contributed by atoms with E-state index in [1.54, 1.807) is 0 Å². The maximum atomic E-state index is 6.10. The van der Waals surface area contributed by atoms with Crippen molar-refractivity contribution in [3.63, 3.8) is 0 Å². The zero-order chi connectivity index (χ0) is 10.5. The Kier molecular flexibility index (Phi) is 3.69. The molecule has 1 atom stereocenters. The fourth-order valence-corrected chi connectivity index (χ4v) is 2.15. The summed E-state index contributed by atoms with van der Waals surface area (Å²) in [7, 11) is 0. The van der Waals surface area contributed by atoms with Crippen LogP contribution in [0.4, 0.5) is 0 Å². The van der Waals surface area contributed by atoms with Crippen molar-refractivity contribution in [2.24, 2.45) is 5.73 Å². The van der Waals surface area contributed by atoms with Gasteiger partial charge < -0.3 is 10.6 Å². The molecule has 0 amide bonds. The summed E-state index contributed by atoms with van der Waals surface area (Å²) in [6, 6.07) is 6.22. The van der Waals surface area contributed by atoms with Gasteiger partial charge in [-0.2, -0.15) is 0 Å². The molecule has 0 spiro atoms. The molecular weight excluding hydrogens is 186 g/mol. The van der Waals surface area contributed by atoms with E-state index in [0.29, 0.717) is 0 Å². The van der Waals surface area contributed by atoms with E-state index in [9.17, 15) is 0 Å². The molecular formula is C12H19N3. The third-order valence-electron chi connectivity index (χ3n) is 2.89. The van der Waals surface area contributed by atoms with Gasteiger partial charge in [-0.1, -0.05) is 6.07 Å². The SMILES string of the molecule is NC(Cc1ccccn1)CN1CCCC1. The Balaban J connectivity index is 1.79. The lowest BCUT2D eigenvalue weighted by Gasteiger charge is -2.19. The van der Waals surface area contributed by atoms with Gasteiger partial charge in [0.2, 0.25) is 0 Å². The monoisotopic (exact) mass is 205 g/mol. The van der Waals surface area contributed by atoms with E-state index < -0.39 is 0 Å². The van der Waals surface area contributed by atoms with E-state index in [4.69, 9.17) is 5.73 Å². The molecule has 1 unspecified atom stereocenters. The van der Waals surface area contributed by atoms with Gasteiger partial charge in [0.05, 0.1) is 0 Å². The molecule has 0 bridgehead atoms. The summed E-state index contributed by atoms with van der Waals surface area (Å²) in [4.78, 5) is 6.75. The average molecular weight is 205 g/mol. The lowest BCUT2D eigenvalue weighted by molar-refractivity contribution is 0.312. The van der Waals surface area contributed by atoms with Crippen LogP contribution in [-0.4, -0.2) is 35.6 Å². The molecule has 0 saturated carbocycles. The number of rotatable bonds is 4. The number of likely N-dealkylation sites (tertiary alicyclic amines) is 1. The first kappa shape index (κ1) is 10.6. The number of hydrogen-bond acceptors (Lipinski definition) is 3. The summed E-state index contributed by atoms with van der Waals surface area (Å²) in [5.74, 6) is 0. The maximum absolute atomic E-state index is 6.10. The average Bonchev–Trinajstić information content (AvgIpc) is 2.71. The zero-order valence-corrected chi connectivity index (χ0v) is 9.10. The van der Waals surface area contributed by atoms with Crippen LogP contribution >= 0.6 is 0 Å². The lowest BCUT2D eigenvalue weighted by Crippen LogP contribution is -2.37. The molecule has 2 rings (SSSR count). The van der Waals surface area contributed by atoms with Crippen molar-refractivity contribution in [2.75, 3.05) is 19.6 Å². The predicted molar refractivity (Wildman–Crippen MR) is 61.6 cm³/mol.